The van der Waals surface area contributed by atoms with Crippen LogP contribution < -0.4 is 0 Å². The third-order valence-electron chi connectivity index (χ3n) is 10.9. The van der Waals surface area contributed by atoms with Crippen LogP contribution in [0.5, 0.6) is 0 Å². The molecule has 1 saturated heterocycles. The molecule has 60 heavy (non-hydrogen) atoms. The highest BCUT2D eigenvalue weighted by Gasteiger charge is 2.48. The maximum absolute atomic E-state index is 10.6. The second-order valence-electron chi connectivity index (χ2n) is 18.2. The van der Waals surface area contributed by atoms with Crippen molar-refractivity contribution in [2.75, 3.05) is 26.8 Å². The summed E-state index contributed by atoms with van der Waals surface area (Å²) >= 11 is 0. The zero-order chi connectivity index (χ0) is 43.0. The summed E-state index contributed by atoms with van der Waals surface area (Å²) in [5.74, 6) is 0.510. The molecule has 12 heteroatoms. The minimum atomic E-state index is -1.37. The second-order valence-corrected chi connectivity index (χ2v) is 29.4. The van der Waals surface area contributed by atoms with Crippen LogP contribution in [-0.2, 0) is 58.1 Å². The van der Waals surface area contributed by atoms with Gasteiger partial charge in [-0.25, -0.2) is 0 Å². The summed E-state index contributed by atoms with van der Waals surface area (Å²) in [6, 6.07) is 37.8. The lowest BCUT2D eigenvalue weighted by molar-refractivity contribution is -0.188. The first-order valence-electron chi connectivity index (χ1n) is 21.2. The lowest BCUT2D eigenvalue weighted by atomic mass is 9.90. The second kappa shape index (κ2) is 23.2. The number of aliphatic hydroxyl groups is 2. The summed E-state index contributed by atoms with van der Waals surface area (Å²) in [7, 11) is -2.74. The molecule has 322 valence electrons. The van der Waals surface area contributed by atoms with Crippen molar-refractivity contribution in [1.82, 2.24) is 9.80 Å². The number of rotatable bonds is 22. The smallest absolute Gasteiger partial charge is 0.213 e. The van der Waals surface area contributed by atoms with Gasteiger partial charge >= 0.3 is 0 Å². The molecule has 0 bridgehead atoms. The standard InChI is InChI=1S/C48H66N4O6Si2/c1-59(2,3)27-25-55-36-57-46-44(29-38-13-9-7-10-14-38)51(31-40-17-21-42(33-53)22-18-40)48(50-35-49)52(32-41-19-23-43(34-54)24-20-41)45(30-39-15-11-8-12-16-39)47(46)58-37-56-26-28-60(4,5)6/h7-24,44-47,53-54H,25-34,36-37H2,1-6H3/t44-,45-,46+,47+/m1/s1. The lowest BCUT2D eigenvalue weighted by Crippen LogP contribution is -2.53. The van der Waals surface area contributed by atoms with Gasteiger partial charge in [0, 0.05) is 42.5 Å². The van der Waals surface area contributed by atoms with Gasteiger partial charge in [0.15, 0.2) is 0 Å². The average molecular weight is 851 g/mol. The van der Waals surface area contributed by atoms with Crippen LogP contribution in [0.15, 0.2) is 114 Å². The van der Waals surface area contributed by atoms with Gasteiger partial charge in [0.05, 0.1) is 25.3 Å². The van der Waals surface area contributed by atoms with Crippen LogP contribution in [-0.4, -0.2) is 93.2 Å². The minimum Gasteiger partial charge on any atom is -0.392 e. The Bertz CT molecular complexity index is 1780. The fraction of sp³-hybridized carbons (Fsp3) is 0.458. The molecular formula is C48H66N4O6Si2. The Balaban J connectivity index is 1.71. The lowest BCUT2D eigenvalue weighted by Gasteiger charge is -2.39. The van der Waals surface area contributed by atoms with E-state index in [0.717, 1.165) is 45.5 Å². The Morgan fingerprint density at radius 3 is 1.25 bits per heavy atom. The van der Waals surface area contributed by atoms with Crippen LogP contribution in [0.2, 0.25) is 51.4 Å². The van der Waals surface area contributed by atoms with Gasteiger partial charge in [0.2, 0.25) is 12.2 Å². The van der Waals surface area contributed by atoms with Crippen LogP contribution in [0.1, 0.15) is 33.4 Å². The van der Waals surface area contributed by atoms with E-state index in [1.54, 1.807) is 0 Å². The van der Waals surface area contributed by atoms with Crippen molar-refractivity contribution in [3.8, 4) is 6.19 Å². The third-order valence-corrected chi connectivity index (χ3v) is 14.3. The number of guanidine groups is 1. The van der Waals surface area contributed by atoms with E-state index >= 15 is 0 Å². The molecular weight excluding hydrogens is 785 g/mol. The van der Waals surface area contributed by atoms with Gasteiger partial charge in [0.25, 0.3) is 0 Å². The fourth-order valence-electron chi connectivity index (χ4n) is 7.40. The zero-order valence-corrected chi connectivity index (χ0v) is 38.5. The van der Waals surface area contributed by atoms with Crippen LogP contribution >= 0.6 is 0 Å². The van der Waals surface area contributed by atoms with E-state index < -0.39 is 28.4 Å². The van der Waals surface area contributed by atoms with E-state index in [-0.39, 0.29) is 38.9 Å². The van der Waals surface area contributed by atoms with E-state index in [9.17, 15) is 15.5 Å². The molecule has 10 nitrogen and oxygen atoms in total. The predicted molar refractivity (Wildman–Crippen MR) is 244 cm³/mol. The third kappa shape index (κ3) is 14.8. The SMILES string of the molecule is C[Si](C)(C)CCOCO[C@@H]1[C@@H](OCOCC[Si](C)(C)C)[C@@H](Cc2ccccc2)N(Cc2ccc(CO)cc2)C(=NC#N)N(Cc2ccc(CO)cc2)[C@@H]1Cc1ccccc1. The number of aliphatic imine (C=N–C) groups is 1. The molecule has 0 unspecified atom stereocenters. The van der Waals surface area contributed by atoms with Gasteiger partial charge in [-0.15, -0.1) is 4.99 Å². The molecule has 2 N–H and O–H groups in total. The predicted octanol–water partition coefficient (Wildman–Crippen LogP) is 8.44. The minimum absolute atomic E-state index is 0.0571. The van der Waals surface area contributed by atoms with Crippen molar-refractivity contribution < 1.29 is 29.2 Å². The molecule has 0 spiro atoms. The molecule has 0 amide bonds. The number of nitriles is 1. The van der Waals surface area contributed by atoms with Crippen LogP contribution in [0.4, 0.5) is 0 Å². The maximum Gasteiger partial charge on any atom is 0.213 e. The largest absolute Gasteiger partial charge is 0.392 e. The van der Waals surface area contributed by atoms with Crippen molar-refractivity contribution in [3.05, 3.63) is 143 Å². The topological polar surface area (TPSA) is 120 Å². The molecule has 4 aromatic carbocycles. The van der Waals surface area contributed by atoms with Crippen molar-refractivity contribution in [3.63, 3.8) is 0 Å². The van der Waals surface area contributed by atoms with Gasteiger partial charge in [0.1, 0.15) is 25.8 Å². The number of benzene rings is 4. The molecule has 0 radical (unpaired) electrons. The number of hydrogen-bond acceptors (Lipinski definition) is 8. The van der Waals surface area contributed by atoms with Crippen LogP contribution in [0.25, 0.3) is 0 Å². The molecule has 5 rings (SSSR count). The highest BCUT2D eigenvalue weighted by Crippen LogP contribution is 2.34. The van der Waals surface area contributed by atoms with Gasteiger partial charge in [-0.2, -0.15) is 5.26 Å². The summed E-state index contributed by atoms with van der Waals surface area (Å²) in [4.78, 5) is 9.15. The van der Waals surface area contributed by atoms with Crippen LogP contribution in [0, 0.1) is 11.5 Å². The number of ether oxygens (including phenoxy) is 4. The Morgan fingerprint density at radius 1 is 0.550 bits per heavy atom. The Kier molecular flexibility index (Phi) is 18.1. The Morgan fingerprint density at radius 2 is 0.917 bits per heavy atom. The molecule has 0 saturated carbocycles. The van der Waals surface area contributed by atoms with Crippen molar-refractivity contribution in [1.29, 1.82) is 5.26 Å². The summed E-state index contributed by atoms with van der Waals surface area (Å²) < 4.78 is 26.7. The van der Waals surface area contributed by atoms with Crippen molar-refractivity contribution in [2.45, 2.75) is 115 Å². The average Bonchev–Trinajstić information content (AvgIpc) is 3.31. The molecule has 4 aromatic rings. The first-order chi connectivity index (χ1) is 28.9. The molecule has 1 heterocycles. The van der Waals surface area contributed by atoms with E-state index in [0.29, 0.717) is 45.1 Å². The normalized spacial score (nSPS) is 18.6. The number of hydrogen-bond donors (Lipinski definition) is 2. The monoisotopic (exact) mass is 850 g/mol. The molecule has 1 aliphatic rings. The van der Waals surface area contributed by atoms with E-state index in [2.05, 4.69) is 79.5 Å². The molecule has 4 atom stereocenters. The molecule has 1 aliphatic heterocycles. The number of nitrogens with zero attached hydrogens (tertiary/aromatic N) is 4. The highest BCUT2D eigenvalue weighted by molar-refractivity contribution is 6.76. The van der Waals surface area contributed by atoms with Gasteiger partial charge in [-0.1, -0.05) is 148 Å². The van der Waals surface area contributed by atoms with Crippen molar-refractivity contribution >= 4 is 22.1 Å². The molecule has 1 fully saturated rings. The van der Waals surface area contributed by atoms with Crippen molar-refractivity contribution in [2.24, 2.45) is 4.99 Å². The first kappa shape index (κ1) is 46.9. The Labute approximate surface area is 360 Å². The molecule has 0 aliphatic carbocycles. The summed E-state index contributed by atoms with van der Waals surface area (Å²) in [6.07, 6.45) is 2.17. The fourth-order valence-corrected chi connectivity index (χ4v) is 8.91. The molecule has 0 aromatic heterocycles. The maximum atomic E-state index is 10.6. The quantitative estimate of drug-likeness (QED) is 0.0348. The first-order valence-corrected chi connectivity index (χ1v) is 28.6. The van der Waals surface area contributed by atoms with E-state index in [1.807, 2.05) is 84.9 Å². The Hall–Kier alpha value is -4.17. The number of aliphatic hydroxyl groups excluding tert-OH is 2. The zero-order valence-electron chi connectivity index (χ0n) is 36.5. The van der Waals surface area contributed by atoms with E-state index in [4.69, 9.17) is 23.9 Å². The van der Waals surface area contributed by atoms with Gasteiger partial charge < -0.3 is 39.0 Å². The summed E-state index contributed by atoms with van der Waals surface area (Å²) in [6.45, 7) is 16.1. The van der Waals surface area contributed by atoms with Crippen LogP contribution in [0.3, 0.4) is 0 Å². The highest BCUT2D eigenvalue weighted by atomic mass is 28.3. The van der Waals surface area contributed by atoms with Gasteiger partial charge in [-0.3, -0.25) is 0 Å². The summed E-state index contributed by atoms with van der Waals surface area (Å²) in [5.41, 5.74) is 5.81. The van der Waals surface area contributed by atoms with E-state index in [1.165, 1.54) is 0 Å². The summed E-state index contributed by atoms with van der Waals surface area (Å²) in [5, 5.41) is 30.4. The van der Waals surface area contributed by atoms with Gasteiger partial charge in [-0.05, 0) is 58.3 Å².